The molecule has 1 aliphatic carbocycles. The summed E-state index contributed by atoms with van der Waals surface area (Å²) in [5.74, 6) is -0.178. The molecule has 1 saturated carbocycles. The topological polar surface area (TPSA) is 95.6 Å². The molecule has 3 amide bonds. The summed E-state index contributed by atoms with van der Waals surface area (Å²) in [5.41, 5.74) is 0.930. The average molecular weight is 394 g/mol. The first kappa shape index (κ1) is 19.7. The highest BCUT2D eigenvalue weighted by Crippen LogP contribution is 2.21. The van der Waals surface area contributed by atoms with Gasteiger partial charge in [0.15, 0.2) is 0 Å². The van der Waals surface area contributed by atoms with E-state index in [1.165, 1.54) is 23.5 Å². The van der Waals surface area contributed by atoms with Crippen molar-refractivity contribution in [2.75, 3.05) is 6.54 Å². The molecule has 3 rings (SSSR count). The van der Waals surface area contributed by atoms with E-state index in [9.17, 15) is 18.0 Å². The summed E-state index contributed by atoms with van der Waals surface area (Å²) in [5, 5.41) is 3.04. The molecule has 2 N–H and O–H groups in total. The van der Waals surface area contributed by atoms with Crippen molar-refractivity contribution < 1.29 is 18.0 Å². The summed E-state index contributed by atoms with van der Waals surface area (Å²) in [7, 11) is -3.96. The predicted molar refractivity (Wildman–Crippen MR) is 102 cm³/mol. The van der Waals surface area contributed by atoms with Crippen LogP contribution in [-0.4, -0.2) is 43.9 Å². The van der Waals surface area contributed by atoms with E-state index in [0.717, 1.165) is 31.2 Å². The van der Waals surface area contributed by atoms with Crippen molar-refractivity contribution in [1.82, 2.24) is 14.9 Å². The van der Waals surface area contributed by atoms with Crippen LogP contribution in [0.5, 0.6) is 0 Å². The quantitative estimate of drug-likeness (QED) is 0.820. The van der Waals surface area contributed by atoms with Gasteiger partial charge < -0.3 is 10.2 Å². The number of likely N-dealkylation sites (tertiary alicyclic amines) is 1. The van der Waals surface area contributed by atoms with E-state index in [1.807, 2.05) is 6.92 Å². The van der Waals surface area contributed by atoms with Crippen LogP contribution in [-0.2, 0) is 14.8 Å². The molecule has 1 aromatic carbocycles. The zero-order valence-electron chi connectivity index (χ0n) is 15.6. The summed E-state index contributed by atoms with van der Waals surface area (Å²) in [6.45, 7) is 2.23. The number of amides is 3. The van der Waals surface area contributed by atoms with Crippen molar-refractivity contribution in [2.24, 2.45) is 0 Å². The Morgan fingerprint density at radius 3 is 2.33 bits per heavy atom. The standard InChI is InChI=1S/C19H27N3O4S/c1-14-9-11-16(12-10-14)27(25,26)21-19(24)22-13-5-8-17(22)18(23)20-15-6-3-2-4-7-15/h9-12,15,17H,2-8,13H2,1H3,(H,20,23)(H,21,24)/t17-/m1/s1. The third-order valence-corrected chi connectivity index (χ3v) is 6.66. The SMILES string of the molecule is Cc1ccc(S(=O)(=O)NC(=O)N2CCC[C@@H]2C(=O)NC2CCCCC2)cc1. The normalized spacial score (nSPS) is 21.1. The van der Waals surface area contributed by atoms with Crippen LogP contribution in [0, 0.1) is 6.92 Å². The number of rotatable bonds is 4. The van der Waals surface area contributed by atoms with Crippen LogP contribution < -0.4 is 10.0 Å². The zero-order chi connectivity index (χ0) is 19.4. The van der Waals surface area contributed by atoms with Crippen molar-refractivity contribution >= 4 is 22.0 Å². The van der Waals surface area contributed by atoms with Gasteiger partial charge in [-0.3, -0.25) is 4.79 Å². The van der Waals surface area contributed by atoms with Crippen LogP contribution in [0.1, 0.15) is 50.5 Å². The van der Waals surface area contributed by atoms with Gasteiger partial charge in [-0.2, -0.15) is 0 Å². The highest BCUT2D eigenvalue weighted by molar-refractivity contribution is 7.90. The molecular weight excluding hydrogens is 366 g/mol. The fourth-order valence-corrected chi connectivity index (χ4v) is 4.74. The van der Waals surface area contributed by atoms with Gasteiger partial charge in [0.05, 0.1) is 4.90 Å². The first-order chi connectivity index (χ1) is 12.9. The minimum atomic E-state index is -3.96. The second-order valence-electron chi connectivity index (χ2n) is 7.42. The number of hydrogen-bond acceptors (Lipinski definition) is 4. The number of nitrogens with one attached hydrogen (secondary N) is 2. The van der Waals surface area contributed by atoms with Gasteiger partial charge in [0.1, 0.15) is 6.04 Å². The van der Waals surface area contributed by atoms with E-state index in [1.54, 1.807) is 12.1 Å². The molecule has 2 aliphatic rings. The monoisotopic (exact) mass is 393 g/mol. The Morgan fingerprint density at radius 1 is 1.00 bits per heavy atom. The minimum Gasteiger partial charge on any atom is -0.352 e. The molecule has 1 aliphatic heterocycles. The van der Waals surface area contributed by atoms with Gasteiger partial charge in [-0.25, -0.2) is 17.9 Å². The van der Waals surface area contributed by atoms with Gasteiger partial charge in [0, 0.05) is 12.6 Å². The number of carbonyl (C=O) groups excluding carboxylic acids is 2. The van der Waals surface area contributed by atoms with Crippen LogP contribution in [0.2, 0.25) is 0 Å². The molecule has 7 nitrogen and oxygen atoms in total. The fraction of sp³-hybridized carbons (Fsp3) is 0.579. The highest BCUT2D eigenvalue weighted by atomic mass is 32.2. The van der Waals surface area contributed by atoms with Crippen molar-refractivity contribution in [3.63, 3.8) is 0 Å². The van der Waals surface area contributed by atoms with Crippen LogP contribution >= 0.6 is 0 Å². The van der Waals surface area contributed by atoms with E-state index >= 15 is 0 Å². The second-order valence-corrected chi connectivity index (χ2v) is 9.10. The van der Waals surface area contributed by atoms with Crippen LogP contribution in [0.4, 0.5) is 4.79 Å². The Morgan fingerprint density at radius 2 is 1.67 bits per heavy atom. The highest BCUT2D eigenvalue weighted by Gasteiger charge is 2.36. The lowest BCUT2D eigenvalue weighted by Gasteiger charge is -2.28. The molecule has 2 fully saturated rings. The summed E-state index contributed by atoms with van der Waals surface area (Å²) in [6, 6.07) is 5.08. The molecule has 1 heterocycles. The van der Waals surface area contributed by atoms with Crippen LogP contribution in [0.15, 0.2) is 29.2 Å². The fourth-order valence-electron chi connectivity index (χ4n) is 3.78. The largest absolute Gasteiger partial charge is 0.352 e. The predicted octanol–water partition coefficient (Wildman–Crippen LogP) is 2.31. The molecule has 27 heavy (non-hydrogen) atoms. The lowest BCUT2D eigenvalue weighted by molar-refractivity contribution is -0.125. The maximum Gasteiger partial charge on any atom is 0.331 e. The van der Waals surface area contributed by atoms with Crippen molar-refractivity contribution in [3.05, 3.63) is 29.8 Å². The van der Waals surface area contributed by atoms with E-state index in [-0.39, 0.29) is 16.8 Å². The Bertz CT molecular complexity index is 786. The van der Waals surface area contributed by atoms with Gasteiger partial charge >= 0.3 is 6.03 Å². The number of hydrogen-bond donors (Lipinski definition) is 2. The molecule has 8 heteroatoms. The van der Waals surface area contributed by atoms with E-state index in [2.05, 4.69) is 10.0 Å². The van der Waals surface area contributed by atoms with Crippen molar-refractivity contribution in [1.29, 1.82) is 0 Å². The van der Waals surface area contributed by atoms with E-state index in [4.69, 9.17) is 0 Å². The van der Waals surface area contributed by atoms with Gasteiger partial charge in [-0.05, 0) is 44.7 Å². The van der Waals surface area contributed by atoms with E-state index < -0.39 is 22.1 Å². The number of sulfonamides is 1. The number of urea groups is 1. The maximum absolute atomic E-state index is 12.6. The Balaban J connectivity index is 1.64. The second kappa shape index (κ2) is 8.29. The van der Waals surface area contributed by atoms with Crippen LogP contribution in [0.25, 0.3) is 0 Å². The van der Waals surface area contributed by atoms with Crippen molar-refractivity contribution in [3.8, 4) is 0 Å². The zero-order valence-corrected chi connectivity index (χ0v) is 16.4. The molecule has 0 aromatic heterocycles. The summed E-state index contributed by atoms with van der Waals surface area (Å²) < 4.78 is 27.0. The lowest BCUT2D eigenvalue weighted by atomic mass is 9.95. The molecule has 1 atom stereocenters. The minimum absolute atomic E-state index is 0.0313. The molecular formula is C19H27N3O4S. The number of nitrogens with zero attached hydrogens (tertiary/aromatic N) is 1. The Kier molecular flexibility index (Phi) is 6.04. The first-order valence-electron chi connectivity index (χ1n) is 9.57. The van der Waals surface area contributed by atoms with Crippen molar-refractivity contribution in [2.45, 2.75) is 68.8 Å². The molecule has 148 valence electrons. The number of carbonyl (C=O) groups is 2. The third-order valence-electron chi connectivity index (χ3n) is 5.32. The molecule has 0 bridgehead atoms. The van der Waals surface area contributed by atoms with Gasteiger partial charge in [0.2, 0.25) is 5.91 Å². The summed E-state index contributed by atoms with van der Waals surface area (Å²) in [6.07, 6.45) is 6.57. The van der Waals surface area contributed by atoms with Gasteiger partial charge in [0.25, 0.3) is 10.0 Å². The number of aryl methyl sites for hydroxylation is 1. The smallest absolute Gasteiger partial charge is 0.331 e. The van der Waals surface area contributed by atoms with E-state index in [0.29, 0.717) is 19.4 Å². The molecule has 1 aromatic rings. The number of benzene rings is 1. The lowest BCUT2D eigenvalue weighted by Crippen LogP contribution is -2.52. The Hall–Kier alpha value is -2.09. The average Bonchev–Trinajstić information content (AvgIpc) is 3.13. The summed E-state index contributed by atoms with van der Waals surface area (Å²) in [4.78, 5) is 26.6. The molecule has 0 unspecified atom stereocenters. The third kappa shape index (κ3) is 4.80. The van der Waals surface area contributed by atoms with Gasteiger partial charge in [-0.1, -0.05) is 37.0 Å². The van der Waals surface area contributed by atoms with Gasteiger partial charge in [-0.15, -0.1) is 0 Å². The molecule has 1 saturated heterocycles. The summed E-state index contributed by atoms with van der Waals surface area (Å²) >= 11 is 0. The van der Waals surface area contributed by atoms with Crippen LogP contribution in [0.3, 0.4) is 0 Å². The maximum atomic E-state index is 12.6. The first-order valence-corrected chi connectivity index (χ1v) is 11.1. The molecule has 0 spiro atoms. The Labute approximate surface area is 160 Å². The molecule has 0 radical (unpaired) electrons.